The maximum absolute atomic E-state index is 10.6. The summed E-state index contributed by atoms with van der Waals surface area (Å²) in [6.45, 7) is -0.465. The van der Waals surface area contributed by atoms with Crippen LogP contribution in [0, 0.1) is 10.1 Å². The average molecular weight is 271 g/mol. The number of nitrogens with zero attached hydrogens (tertiary/aromatic N) is 1. The zero-order valence-corrected chi connectivity index (χ0v) is 9.75. The van der Waals surface area contributed by atoms with Crippen molar-refractivity contribution in [2.24, 2.45) is 0 Å². The van der Waals surface area contributed by atoms with E-state index in [0.29, 0.717) is 0 Å². The number of hydrogen-bond acceptors (Lipinski definition) is 7. The molecule has 0 aliphatic carbocycles. The SMILES string of the molecule is O=[N+]([O-])c1cccc(OC2O[C@H](CO)[C@@H](O)[C@H]2O)c1. The molecule has 0 saturated carbocycles. The number of aliphatic hydroxyl groups is 3. The second-order valence-electron chi connectivity index (χ2n) is 4.08. The average Bonchev–Trinajstić information content (AvgIpc) is 2.67. The molecule has 4 atom stereocenters. The summed E-state index contributed by atoms with van der Waals surface area (Å²) in [6.07, 6.45) is -4.74. The predicted molar refractivity (Wildman–Crippen MR) is 61.5 cm³/mol. The Morgan fingerprint density at radius 2 is 2.11 bits per heavy atom. The third-order valence-electron chi connectivity index (χ3n) is 2.78. The van der Waals surface area contributed by atoms with Crippen molar-refractivity contribution in [2.45, 2.75) is 24.6 Å². The number of non-ortho nitro benzene ring substituents is 1. The number of nitro groups is 1. The van der Waals surface area contributed by atoms with E-state index in [2.05, 4.69) is 0 Å². The minimum Gasteiger partial charge on any atom is -0.462 e. The van der Waals surface area contributed by atoms with Crippen LogP contribution in [-0.4, -0.2) is 51.5 Å². The van der Waals surface area contributed by atoms with Gasteiger partial charge in [-0.15, -0.1) is 0 Å². The van der Waals surface area contributed by atoms with Crippen molar-refractivity contribution < 1.29 is 29.7 Å². The number of ether oxygens (including phenoxy) is 2. The molecule has 1 heterocycles. The van der Waals surface area contributed by atoms with E-state index in [-0.39, 0.29) is 11.4 Å². The second-order valence-corrected chi connectivity index (χ2v) is 4.08. The van der Waals surface area contributed by atoms with Gasteiger partial charge in [-0.05, 0) is 6.07 Å². The topological polar surface area (TPSA) is 122 Å². The number of benzene rings is 1. The fraction of sp³-hybridized carbons (Fsp3) is 0.455. The summed E-state index contributed by atoms with van der Waals surface area (Å²) in [4.78, 5) is 10.0. The maximum Gasteiger partial charge on any atom is 0.273 e. The zero-order valence-electron chi connectivity index (χ0n) is 9.75. The van der Waals surface area contributed by atoms with Crippen LogP contribution in [0.25, 0.3) is 0 Å². The van der Waals surface area contributed by atoms with Gasteiger partial charge in [0.2, 0.25) is 6.29 Å². The van der Waals surface area contributed by atoms with Crippen molar-refractivity contribution in [3.05, 3.63) is 34.4 Å². The molecule has 3 N–H and O–H groups in total. The van der Waals surface area contributed by atoms with Crippen molar-refractivity contribution in [3.63, 3.8) is 0 Å². The monoisotopic (exact) mass is 271 g/mol. The molecule has 0 radical (unpaired) electrons. The highest BCUT2D eigenvalue weighted by atomic mass is 16.7. The molecule has 1 aromatic rings. The van der Waals surface area contributed by atoms with E-state index in [0.717, 1.165) is 0 Å². The van der Waals surface area contributed by atoms with Crippen LogP contribution in [0.2, 0.25) is 0 Å². The Morgan fingerprint density at radius 3 is 2.68 bits per heavy atom. The normalized spacial score (nSPS) is 30.3. The summed E-state index contributed by atoms with van der Waals surface area (Å²) in [6, 6.07) is 5.36. The van der Waals surface area contributed by atoms with E-state index >= 15 is 0 Å². The molecular weight excluding hydrogens is 258 g/mol. The van der Waals surface area contributed by atoms with Crippen LogP contribution in [0.3, 0.4) is 0 Å². The molecule has 1 aromatic carbocycles. The van der Waals surface area contributed by atoms with Crippen LogP contribution in [0.4, 0.5) is 5.69 Å². The van der Waals surface area contributed by atoms with Gasteiger partial charge in [0.05, 0.1) is 17.6 Å². The van der Waals surface area contributed by atoms with E-state index < -0.39 is 36.1 Å². The lowest BCUT2D eigenvalue weighted by Gasteiger charge is -2.16. The fourth-order valence-corrected chi connectivity index (χ4v) is 1.77. The van der Waals surface area contributed by atoms with Gasteiger partial charge >= 0.3 is 0 Å². The first kappa shape index (κ1) is 13.7. The molecule has 0 aromatic heterocycles. The lowest BCUT2D eigenvalue weighted by molar-refractivity contribution is -0.385. The number of aliphatic hydroxyl groups excluding tert-OH is 3. The molecule has 104 valence electrons. The standard InChI is InChI=1S/C11H13NO7/c13-5-8-9(14)10(15)11(19-8)18-7-3-1-2-6(4-7)12(16)17/h1-4,8-11,13-15H,5H2/t8-,9-,10-,11?/m1/s1. The number of rotatable bonds is 4. The van der Waals surface area contributed by atoms with Gasteiger partial charge in [-0.25, -0.2) is 0 Å². The van der Waals surface area contributed by atoms with Crippen LogP contribution in [0.5, 0.6) is 5.75 Å². The molecule has 8 heteroatoms. The molecule has 1 fully saturated rings. The Kier molecular flexibility index (Phi) is 3.96. The first-order valence-corrected chi connectivity index (χ1v) is 5.56. The van der Waals surface area contributed by atoms with Gasteiger partial charge in [0.15, 0.2) is 0 Å². The quantitative estimate of drug-likeness (QED) is 0.494. The molecule has 0 spiro atoms. The van der Waals surface area contributed by atoms with Gasteiger partial charge in [0.25, 0.3) is 5.69 Å². The smallest absolute Gasteiger partial charge is 0.273 e. The van der Waals surface area contributed by atoms with Gasteiger partial charge in [0.1, 0.15) is 24.1 Å². The zero-order chi connectivity index (χ0) is 14.0. The van der Waals surface area contributed by atoms with Gasteiger partial charge in [-0.2, -0.15) is 0 Å². The van der Waals surface area contributed by atoms with Gasteiger partial charge in [-0.3, -0.25) is 10.1 Å². The summed E-state index contributed by atoms with van der Waals surface area (Å²) >= 11 is 0. The lowest BCUT2D eigenvalue weighted by Crippen LogP contribution is -2.35. The number of hydrogen-bond donors (Lipinski definition) is 3. The fourth-order valence-electron chi connectivity index (χ4n) is 1.77. The van der Waals surface area contributed by atoms with Crippen molar-refractivity contribution in [1.82, 2.24) is 0 Å². The van der Waals surface area contributed by atoms with E-state index in [1.165, 1.54) is 24.3 Å². The Balaban J connectivity index is 2.09. The van der Waals surface area contributed by atoms with E-state index in [4.69, 9.17) is 14.6 Å². The van der Waals surface area contributed by atoms with E-state index in [9.17, 15) is 20.3 Å². The molecule has 1 unspecified atom stereocenters. The summed E-state index contributed by atoms with van der Waals surface area (Å²) in [5.41, 5.74) is -0.163. The van der Waals surface area contributed by atoms with Crippen LogP contribution >= 0.6 is 0 Å². The highest BCUT2D eigenvalue weighted by molar-refractivity contribution is 5.38. The summed E-state index contributed by atoms with van der Waals surface area (Å²) < 4.78 is 10.3. The summed E-state index contributed by atoms with van der Waals surface area (Å²) in [7, 11) is 0. The molecule has 8 nitrogen and oxygen atoms in total. The molecule has 19 heavy (non-hydrogen) atoms. The Labute approximate surface area is 108 Å². The lowest BCUT2D eigenvalue weighted by atomic mass is 10.1. The molecule has 2 rings (SSSR count). The third-order valence-corrected chi connectivity index (χ3v) is 2.78. The Hall–Kier alpha value is -1.74. The van der Waals surface area contributed by atoms with E-state index in [1.54, 1.807) is 0 Å². The van der Waals surface area contributed by atoms with E-state index in [1.807, 2.05) is 0 Å². The molecule has 1 aliphatic rings. The maximum atomic E-state index is 10.6. The predicted octanol–water partition coefficient (Wildman–Crippen LogP) is -0.587. The van der Waals surface area contributed by atoms with Gasteiger partial charge in [0, 0.05) is 6.07 Å². The third kappa shape index (κ3) is 2.82. The second kappa shape index (κ2) is 5.49. The minimum atomic E-state index is -1.34. The molecular formula is C11H13NO7. The van der Waals surface area contributed by atoms with Gasteiger partial charge < -0.3 is 24.8 Å². The highest BCUT2D eigenvalue weighted by Crippen LogP contribution is 2.26. The highest BCUT2D eigenvalue weighted by Gasteiger charge is 2.43. The van der Waals surface area contributed by atoms with Crippen molar-refractivity contribution in [2.75, 3.05) is 6.61 Å². The van der Waals surface area contributed by atoms with Gasteiger partial charge in [-0.1, -0.05) is 6.07 Å². The summed E-state index contributed by atoms with van der Waals surface area (Å²) in [5, 5.41) is 38.7. The van der Waals surface area contributed by atoms with Crippen molar-refractivity contribution in [1.29, 1.82) is 0 Å². The number of nitro benzene ring substituents is 1. The first-order valence-electron chi connectivity index (χ1n) is 5.56. The Bertz CT molecular complexity index is 466. The largest absolute Gasteiger partial charge is 0.462 e. The first-order chi connectivity index (χ1) is 9.02. The van der Waals surface area contributed by atoms with Crippen molar-refractivity contribution >= 4 is 5.69 Å². The molecule has 0 bridgehead atoms. The Morgan fingerprint density at radius 1 is 1.37 bits per heavy atom. The molecule has 0 amide bonds. The molecule has 1 saturated heterocycles. The minimum absolute atomic E-state index is 0.129. The van der Waals surface area contributed by atoms with Crippen LogP contribution in [0.1, 0.15) is 0 Å². The summed E-state index contributed by atoms with van der Waals surface area (Å²) in [5.74, 6) is 0.129. The van der Waals surface area contributed by atoms with Crippen LogP contribution < -0.4 is 4.74 Å². The van der Waals surface area contributed by atoms with Crippen LogP contribution in [0.15, 0.2) is 24.3 Å². The molecule has 1 aliphatic heterocycles. The van der Waals surface area contributed by atoms with Crippen molar-refractivity contribution in [3.8, 4) is 5.75 Å². The van der Waals surface area contributed by atoms with Crippen LogP contribution in [-0.2, 0) is 4.74 Å².